The van der Waals surface area contributed by atoms with Crippen LogP contribution in [0.1, 0.15) is 13.3 Å². The predicted octanol–water partition coefficient (Wildman–Crippen LogP) is 2.89. The Balaban J connectivity index is 2.02. The summed E-state index contributed by atoms with van der Waals surface area (Å²) < 4.78 is 6.39. The average Bonchev–Trinajstić information content (AvgIpc) is 2.84. The van der Waals surface area contributed by atoms with Gasteiger partial charge < -0.3 is 15.0 Å². The Morgan fingerprint density at radius 2 is 2.28 bits per heavy atom. The standard InChI is InChI=1S/C14H21BrN2O/c1-3-16-9-11-4-5-17(10-11)13-6-12(15)7-14(8-13)18-2/h6-8,11,16H,3-5,9-10H2,1-2H3. The van der Waals surface area contributed by atoms with E-state index in [2.05, 4.69) is 45.2 Å². The van der Waals surface area contributed by atoms with Crippen LogP contribution in [0, 0.1) is 5.92 Å². The second-order valence-electron chi connectivity index (χ2n) is 4.76. The van der Waals surface area contributed by atoms with Gasteiger partial charge in [0.25, 0.3) is 0 Å². The van der Waals surface area contributed by atoms with Gasteiger partial charge in [-0.25, -0.2) is 0 Å². The molecular formula is C14H21BrN2O. The van der Waals surface area contributed by atoms with Crippen LogP contribution in [0.5, 0.6) is 5.75 Å². The van der Waals surface area contributed by atoms with Gasteiger partial charge in [0.15, 0.2) is 0 Å². The second kappa shape index (κ2) is 6.43. The lowest BCUT2D eigenvalue weighted by Crippen LogP contribution is -2.26. The third kappa shape index (κ3) is 3.39. The van der Waals surface area contributed by atoms with Crippen LogP contribution in [-0.2, 0) is 0 Å². The molecule has 1 fully saturated rings. The molecule has 0 bridgehead atoms. The van der Waals surface area contributed by atoms with Crippen molar-refractivity contribution < 1.29 is 4.74 Å². The van der Waals surface area contributed by atoms with E-state index >= 15 is 0 Å². The van der Waals surface area contributed by atoms with Crippen molar-refractivity contribution >= 4 is 21.6 Å². The Bertz CT molecular complexity index is 397. The summed E-state index contributed by atoms with van der Waals surface area (Å²) >= 11 is 3.54. The Morgan fingerprint density at radius 1 is 1.44 bits per heavy atom. The smallest absolute Gasteiger partial charge is 0.122 e. The second-order valence-corrected chi connectivity index (χ2v) is 5.67. The molecule has 0 aromatic heterocycles. The lowest BCUT2D eigenvalue weighted by Gasteiger charge is -2.20. The normalized spacial score (nSPS) is 19.3. The van der Waals surface area contributed by atoms with E-state index in [0.29, 0.717) is 0 Å². The third-order valence-corrected chi connectivity index (χ3v) is 3.88. The van der Waals surface area contributed by atoms with Crippen molar-refractivity contribution in [3.05, 3.63) is 22.7 Å². The highest BCUT2D eigenvalue weighted by Gasteiger charge is 2.22. The molecule has 1 unspecified atom stereocenters. The SMILES string of the molecule is CCNCC1CCN(c2cc(Br)cc(OC)c2)C1. The zero-order chi connectivity index (χ0) is 13.0. The molecular weight excluding hydrogens is 292 g/mol. The fourth-order valence-corrected chi connectivity index (χ4v) is 2.89. The minimum Gasteiger partial charge on any atom is -0.497 e. The molecule has 0 aliphatic carbocycles. The van der Waals surface area contributed by atoms with Gasteiger partial charge in [-0.15, -0.1) is 0 Å². The summed E-state index contributed by atoms with van der Waals surface area (Å²) in [6, 6.07) is 6.27. The van der Waals surface area contributed by atoms with E-state index in [-0.39, 0.29) is 0 Å². The van der Waals surface area contributed by atoms with Crippen LogP contribution in [0.2, 0.25) is 0 Å². The van der Waals surface area contributed by atoms with E-state index in [4.69, 9.17) is 4.74 Å². The van der Waals surface area contributed by atoms with E-state index in [1.807, 2.05) is 6.07 Å². The lowest BCUT2D eigenvalue weighted by atomic mass is 10.1. The first-order valence-electron chi connectivity index (χ1n) is 6.53. The van der Waals surface area contributed by atoms with Gasteiger partial charge in [0.05, 0.1) is 7.11 Å². The molecule has 1 aromatic carbocycles. The van der Waals surface area contributed by atoms with Crippen molar-refractivity contribution in [2.45, 2.75) is 13.3 Å². The van der Waals surface area contributed by atoms with Crippen LogP contribution in [-0.4, -0.2) is 33.3 Å². The van der Waals surface area contributed by atoms with E-state index < -0.39 is 0 Å². The Labute approximate surface area is 118 Å². The van der Waals surface area contributed by atoms with E-state index in [9.17, 15) is 0 Å². The highest BCUT2D eigenvalue weighted by Crippen LogP contribution is 2.30. The number of halogens is 1. The number of nitrogens with one attached hydrogen (secondary N) is 1. The molecule has 18 heavy (non-hydrogen) atoms. The van der Waals surface area contributed by atoms with Gasteiger partial charge in [-0.05, 0) is 37.6 Å². The fraction of sp³-hybridized carbons (Fsp3) is 0.571. The maximum atomic E-state index is 5.32. The van der Waals surface area contributed by atoms with Crippen molar-refractivity contribution in [2.24, 2.45) is 5.92 Å². The van der Waals surface area contributed by atoms with Crippen molar-refractivity contribution in [1.82, 2.24) is 5.32 Å². The van der Waals surface area contributed by atoms with E-state index in [1.165, 1.54) is 12.1 Å². The number of rotatable bonds is 5. The van der Waals surface area contributed by atoms with Gasteiger partial charge >= 0.3 is 0 Å². The van der Waals surface area contributed by atoms with E-state index in [0.717, 1.165) is 42.3 Å². The Kier molecular flexibility index (Phi) is 4.89. The topological polar surface area (TPSA) is 24.5 Å². The maximum Gasteiger partial charge on any atom is 0.122 e. The van der Waals surface area contributed by atoms with Gasteiger partial charge in [-0.3, -0.25) is 0 Å². The van der Waals surface area contributed by atoms with Crippen molar-refractivity contribution in [3.8, 4) is 5.75 Å². The van der Waals surface area contributed by atoms with Crippen LogP contribution < -0.4 is 15.0 Å². The largest absolute Gasteiger partial charge is 0.497 e. The number of methoxy groups -OCH3 is 1. The van der Waals surface area contributed by atoms with Crippen LogP contribution in [0.3, 0.4) is 0 Å². The molecule has 1 N–H and O–H groups in total. The minimum atomic E-state index is 0.759. The van der Waals surface area contributed by atoms with Crippen LogP contribution in [0.15, 0.2) is 22.7 Å². The van der Waals surface area contributed by atoms with Crippen molar-refractivity contribution in [1.29, 1.82) is 0 Å². The summed E-state index contributed by atoms with van der Waals surface area (Å²) in [5, 5.41) is 3.44. The lowest BCUT2D eigenvalue weighted by molar-refractivity contribution is 0.414. The first kappa shape index (κ1) is 13.7. The maximum absolute atomic E-state index is 5.32. The minimum absolute atomic E-state index is 0.759. The number of anilines is 1. The van der Waals surface area contributed by atoms with Gasteiger partial charge in [-0.2, -0.15) is 0 Å². The predicted molar refractivity (Wildman–Crippen MR) is 79.6 cm³/mol. The fourth-order valence-electron chi connectivity index (χ4n) is 2.43. The molecule has 4 heteroatoms. The Morgan fingerprint density at radius 3 is 3.00 bits per heavy atom. The number of hydrogen-bond donors (Lipinski definition) is 1. The molecule has 1 aliphatic rings. The number of nitrogens with zero attached hydrogens (tertiary/aromatic N) is 1. The molecule has 1 saturated heterocycles. The average molecular weight is 313 g/mol. The quantitative estimate of drug-likeness (QED) is 0.905. The highest BCUT2D eigenvalue weighted by atomic mass is 79.9. The monoisotopic (exact) mass is 312 g/mol. The summed E-state index contributed by atoms with van der Waals surface area (Å²) in [4.78, 5) is 2.44. The molecule has 1 heterocycles. The molecule has 1 atom stereocenters. The molecule has 2 rings (SSSR count). The summed E-state index contributed by atoms with van der Waals surface area (Å²) in [7, 11) is 1.71. The molecule has 0 radical (unpaired) electrons. The first-order valence-corrected chi connectivity index (χ1v) is 7.32. The van der Waals surface area contributed by atoms with E-state index in [1.54, 1.807) is 7.11 Å². The van der Waals surface area contributed by atoms with Crippen molar-refractivity contribution in [2.75, 3.05) is 38.2 Å². The van der Waals surface area contributed by atoms with Crippen molar-refractivity contribution in [3.63, 3.8) is 0 Å². The first-order chi connectivity index (χ1) is 8.72. The van der Waals surface area contributed by atoms with Gasteiger partial charge in [-0.1, -0.05) is 22.9 Å². The zero-order valence-electron chi connectivity index (χ0n) is 11.1. The Hall–Kier alpha value is -0.740. The van der Waals surface area contributed by atoms with Crippen LogP contribution in [0.25, 0.3) is 0 Å². The third-order valence-electron chi connectivity index (χ3n) is 3.43. The van der Waals surface area contributed by atoms with Crippen LogP contribution >= 0.6 is 15.9 Å². The molecule has 0 spiro atoms. The molecule has 1 aromatic rings. The summed E-state index contributed by atoms with van der Waals surface area (Å²) in [5.74, 6) is 1.67. The molecule has 1 aliphatic heterocycles. The summed E-state index contributed by atoms with van der Waals surface area (Å²) in [6.07, 6.45) is 1.27. The number of ether oxygens (including phenoxy) is 1. The number of hydrogen-bond acceptors (Lipinski definition) is 3. The molecule has 0 saturated carbocycles. The zero-order valence-corrected chi connectivity index (χ0v) is 12.7. The van der Waals surface area contributed by atoms with Gasteiger partial charge in [0.1, 0.15) is 5.75 Å². The molecule has 100 valence electrons. The highest BCUT2D eigenvalue weighted by molar-refractivity contribution is 9.10. The molecule has 3 nitrogen and oxygen atoms in total. The summed E-state index contributed by atoms with van der Waals surface area (Å²) in [6.45, 7) is 6.60. The molecule has 0 amide bonds. The summed E-state index contributed by atoms with van der Waals surface area (Å²) in [5.41, 5.74) is 1.25. The van der Waals surface area contributed by atoms with Crippen LogP contribution in [0.4, 0.5) is 5.69 Å². The van der Waals surface area contributed by atoms with Gasteiger partial charge in [0.2, 0.25) is 0 Å². The van der Waals surface area contributed by atoms with Gasteiger partial charge in [0, 0.05) is 29.3 Å². The number of benzene rings is 1.